The van der Waals surface area contributed by atoms with Crippen LogP contribution in [-0.2, 0) is 27.5 Å². The van der Waals surface area contributed by atoms with Gasteiger partial charge < -0.3 is 14.4 Å². The van der Waals surface area contributed by atoms with E-state index in [9.17, 15) is 21.6 Å². The van der Waals surface area contributed by atoms with E-state index in [-0.39, 0.29) is 34.2 Å². The molecule has 1 aliphatic heterocycles. The number of aliphatic hydroxyl groups is 1. The second-order valence-electron chi connectivity index (χ2n) is 8.89. The largest absolute Gasteiger partial charge is 0.416 e. The Morgan fingerprint density at radius 3 is 2.36 bits per heavy atom. The fourth-order valence-corrected chi connectivity index (χ4v) is 6.56. The van der Waals surface area contributed by atoms with Gasteiger partial charge in [0.1, 0.15) is 0 Å². The summed E-state index contributed by atoms with van der Waals surface area (Å²) >= 11 is 1.31. The van der Waals surface area contributed by atoms with E-state index in [1.165, 1.54) is 27.8 Å². The Hall–Kier alpha value is -2.03. The van der Waals surface area contributed by atoms with Gasteiger partial charge in [0.2, 0.25) is 10.0 Å². The van der Waals surface area contributed by atoms with Gasteiger partial charge in [-0.2, -0.15) is 17.5 Å². The number of rotatable bonds is 10. The highest BCUT2D eigenvalue weighted by Crippen LogP contribution is 2.31. The second-order valence-corrected chi connectivity index (χ2v) is 11.7. The maximum Gasteiger partial charge on any atom is 0.416 e. The standard InChI is InChI=1S/C26H30F3N3O4S2.BrH/c27-26(28,29)21-6-5-7-22(18-21)30-25-32(12-3-1-2-4-15-33)24(19-37-25)20-8-10-23(11-9-20)38(34,35)31-13-16-36-17-14-31;/h5-11,18-19,33H,1-4,12-17H2;1H. The maximum absolute atomic E-state index is 13.2. The van der Waals surface area contributed by atoms with Crippen LogP contribution >= 0.6 is 28.3 Å². The number of hydrogen-bond acceptors (Lipinski definition) is 6. The number of morpholine rings is 1. The van der Waals surface area contributed by atoms with Gasteiger partial charge in [0.15, 0.2) is 4.80 Å². The number of ether oxygens (including phenoxy) is 1. The average Bonchev–Trinajstić information content (AvgIpc) is 3.31. The van der Waals surface area contributed by atoms with E-state index in [0.29, 0.717) is 44.1 Å². The molecule has 1 fully saturated rings. The predicted octanol–water partition coefficient (Wildman–Crippen LogP) is 5.62. The van der Waals surface area contributed by atoms with Crippen LogP contribution in [-0.4, -0.2) is 55.3 Å². The molecule has 1 aliphatic rings. The highest BCUT2D eigenvalue weighted by atomic mass is 79.9. The molecule has 2 aromatic carbocycles. The minimum Gasteiger partial charge on any atom is -0.396 e. The number of alkyl halides is 3. The number of hydrogen-bond donors (Lipinski definition) is 1. The van der Waals surface area contributed by atoms with Crippen molar-refractivity contribution in [3.05, 3.63) is 64.3 Å². The summed E-state index contributed by atoms with van der Waals surface area (Å²) in [6, 6.07) is 11.5. The van der Waals surface area contributed by atoms with Crippen molar-refractivity contribution in [2.24, 2.45) is 4.99 Å². The van der Waals surface area contributed by atoms with Crippen molar-refractivity contribution < 1.29 is 31.4 Å². The number of benzene rings is 2. The van der Waals surface area contributed by atoms with Crippen LogP contribution in [0.25, 0.3) is 11.3 Å². The van der Waals surface area contributed by atoms with Crippen molar-refractivity contribution in [3.8, 4) is 11.3 Å². The van der Waals surface area contributed by atoms with Gasteiger partial charge in [0, 0.05) is 31.6 Å². The lowest BCUT2D eigenvalue weighted by Crippen LogP contribution is -2.40. The van der Waals surface area contributed by atoms with Crippen LogP contribution in [0.3, 0.4) is 0 Å². The lowest BCUT2D eigenvalue weighted by molar-refractivity contribution is -0.137. The van der Waals surface area contributed by atoms with Gasteiger partial charge in [0.25, 0.3) is 0 Å². The zero-order valence-electron chi connectivity index (χ0n) is 21.1. The normalized spacial score (nSPS) is 15.3. The summed E-state index contributed by atoms with van der Waals surface area (Å²) in [5, 5.41) is 10.9. The fraction of sp³-hybridized carbons (Fsp3) is 0.423. The van der Waals surface area contributed by atoms with Crippen molar-refractivity contribution in [1.29, 1.82) is 0 Å². The van der Waals surface area contributed by atoms with Crippen molar-refractivity contribution in [2.45, 2.75) is 43.3 Å². The fourth-order valence-electron chi connectivity index (χ4n) is 4.20. The zero-order valence-corrected chi connectivity index (χ0v) is 24.5. The van der Waals surface area contributed by atoms with Gasteiger partial charge in [0.05, 0.1) is 35.1 Å². The molecule has 7 nitrogen and oxygen atoms in total. The Bertz CT molecular complexity index is 1380. The molecule has 0 spiro atoms. The van der Waals surface area contributed by atoms with E-state index >= 15 is 0 Å². The van der Waals surface area contributed by atoms with Crippen LogP contribution in [0.4, 0.5) is 18.9 Å². The SMILES string of the molecule is Br.O=S(=O)(c1ccc(-c2csc(=Nc3cccc(C(F)(F)F)c3)n2CCCCCCO)cc1)N1CCOCC1. The van der Waals surface area contributed by atoms with E-state index < -0.39 is 21.8 Å². The monoisotopic (exact) mass is 649 g/mol. The molecule has 3 aromatic rings. The molecule has 0 saturated carbocycles. The molecule has 39 heavy (non-hydrogen) atoms. The third-order valence-electron chi connectivity index (χ3n) is 6.24. The summed E-state index contributed by atoms with van der Waals surface area (Å²) < 4.78 is 74.2. The molecule has 0 aliphatic carbocycles. The summed E-state index contributed by atoms with van der Waals surface area (Å²) in [4.78, 5) is 5.27. The molecule has 1 N–H and O–H groups in total. The quantitative estimate of drug-likeness (QED) is 0.289. The first-order valence-electron chi connectivity index (χ1n) is 12.4. The van der Waals surface area contributed by atoms with E-state index in [4.69, 9.17) is 9.84 Å². The highest BCUT2D eigenvalue weighted by molar-refractivity contribution is 8.93. The summed E-state index contributed by atoms with van der Waals surface area (Å²) in [6.45, 7) is 2.06. The summed E-state index contributed by atoms with van der Waals surface area (Å²) in [5.41, 5.74) is 1.03. The first-order valence-corrected chi connectivity index (χ1v) is 14.7. The molecule has 0 atom stereocenters. The lowest BCUT2D eigenvalue weighted by Gasteiger charge is -2.26. The minimum atomic E-state index is -4.46. The number of sulfonamides is 1. The smallest absolute Gasteiger partial charge is 0.396 e. The second kappa shape index (κ2) is 14.0. The Morgan fingerprint density at radius 1 is 1.00 bits per heavy atom. The summed E-state index contributed by atoms with van der Waals surface area (Å²) in [5.74, 6) is 0. The van der Waals surface area contributed by atoms with E-state index in [2.05, 4.69) is 4.99 Å². The van der Waals surface area contributed by atoms with Crippen LogP contribution in [0.5, 0.6) is 0 Å². The molecule has 0 radical (unpaired) electrons. The van der Waals surface area contributed by atoms with Crippen LogP contribution in [0.2, 0.25) is 0 Å². The Morgan fingerprint density at radius 2 is 1.69 bits per heavy atom. The topological polar surface area (TPSA) is 84.1 Å². The van der Waals surface area contributed by atoms with Gasteiger partial charge in [-0.1, -0.05) is 31.0 Å². The van der Waals surface area contributed by atoms with Gasteiger partial charge in [-0.3, -0.25) is 0 Å². The molecule has 0 bridgehead atoms. The summed E-state index contributed by atoms with van der Waals surface area (Å²) in [6.07, 6.45) is -1.21. The highest BCUT2D eigenvalue weighted by Gasteiger charge is 2.30. The third kappa shape index (κ3) is 8.01. The number of aliphatic hydroxyl groups excluding tert-OH is 1. The molecule has 0 unspecified atom stereocenters. The minimum absolute atomic E-state index is 0. The number of aromatic nitrogens is 1. The van der Waals surface area contributed by atoms with Crippen molar-refractivity contribution >= 4 is 44.0 Å². The Labute approximate surface area is 240 Å². The summed E-state index contributed by atoms with van der Waals surface area (Å²) in [7, 11) is -3.63. The van der Waals surface area contributed by atoms with Crippen molar-refractivity contribution in [1.82, 2.24) is 8.87 Å². The molecule has 214 valence electrons. The molecular formula is C26H31BrF3N3O4S2. The number of halogens is 4. The maximum atomic E-state index is 13.2. The Balaban J connectivity index is 0.00000420. The number of nitrogens with zero attached hydrogens (tertiary/aromatic N) is 3. The average molecular weight is 651 g/mol. The van der Waals surface area contributed by atoms with Crippen LogP contribution in [0.1, 0.15) is 31.2 Å². The molecule has 4 rings (SSSR count). The first kappa shape index (κ1) is 31.5. The van der Waals surface area contributed by atoms with Gasteiger partial charge in [-0.05, 0) is 48.7 Å². The molecular weight excluding hydrogens is 619 g/mol. The Kier molecular flexibility index (Phi) is 11.3. The van der Waals surface area contributed by atoms with E-state index in [1.807, 2.05) is 9.95 Å². The van der Waals surface area contributed by atoms with Crippen molar-refractivity contribution in [3.63, 3.8) is 0 Å². The number of unbranched alkanes of at least 4 members (excludes halogenated alkanes) is 3. The zero-order chi connectivity index (χ0) is 27.2. The molecule has 1 saturated heterocycles. The first-order chi connectivity index (χ1) is 18.2. The molecule has 13 heteroatoms. The van der Waals surface area contributed by atoms with E-state index in [1.54, 1.807) is 24.3 Å². The van der Waals surface area contributed by atoms with Crippen molar-refractivity contribution in [2.75, 3.05) is 32.9 Å². The van der Waals surface area contributed by atoms with Crippen LogP contribution in [0, 0.1) is 0 Å². The third-order valence-corrected chi connectivity index (χ3v) is 9.02. The van der Waals surface area contributed by atoms with Gasteiger partial charge in [-0.25, -0.2) is 13.4 Å². The van der Waals surface area contributed by atoms with Gasteiger partial charge in [-0.15, -0.1) is 28.3 Å². The van der Waals surface area contributed by atoms with E-state index in [0.717, 1.165) is 42.7 Å². The van der Waals surface area contributed by atoms with Crippen LogP contribution < -0.4 is 4.80 Å². The number of thiazole rings is 1. The molecule has 2 heterocycles. The molecule has 0 amide bonds. The van der Waals surface area contributed by atoms with Gasteiger partial charge >= 0.3 is 6.18 Å². The predicted molar refractivity (Wildman–Crippen MR) is 150 cm³/mol. The van der Waals surface area contributed by atoms with Crippen LogP contribution in [0.15, 0.2) is 63.8 Å². The molecule has 1 aromatic heterocycles. The lowest BCUT2D eigenvalue weighted by atomic mass is 10.1.